The number of rotatable bonds is 1. The minimum atomic E-state index is -2.95. The molecule has 18 heavy (non-hydrogen) atoms. The van der Waals surface area contributed by atoms with Gasteiger partial charge in [0.15, 0.2) is 9.84 Å². The third kappa shape index (κ3) is 2.24. The molecule has 1 N–H and O–H groups in total. The van der Waals surface area contributed by atoms with E-state index in [1.165, 1.54) is 31.1 Å². The van der Waals surface area contributed by atoms with Gasteiger partial charge in [-0.25, -0.2) is 8.42 Å². The lowest BCUT2D eigenvalue weighted by Gasteiger charge is -2.47. The van der Waals surface area contributed by atoms with Crippen molar-refractivity contribution in [2.45, 2.75) is 50.2 Å². The highest BCUT2D eigenvalue weighted by Gasteiger charge is 2.42. The van der Waals surface area contributed by atoms with Crippen LogP contribution in [0.25, 0.3) is 0 Å². The third-order valence-electron chi connectivity index (χ3n) is 4.72. The summed E-state index contributed by atoms with van der Waals surface area (Å²) in [6.45, 7) is 4.16. The normalized spacial score (nSPS) is 38.5. The van der Waals surface area contributed by atoms with Gasteiger partial charge < -0.3 is 5.32 Å². The van der Waals surface area contributed by atoms with Crippen LogP contribution in [0, 0.1) is 0 Å². The van der Waals surface area contributed by atoms with Gasteiger partial charge in [-0.15, -0.1) is 0 Å². The largest absolute Gasteiger partial charge is 0.308 e. The minimum absolute atomic E-state index is 0.0876. The molecule has 1 aliphatic carbocycles. The summed E-state index contributed by atoms with van der Waals surface area (Å²) < 4.78 is 23.1. The van der Waals surface area contributed by atoms with Gasteiger partial charge in [-0.2, -0.15) is 0 Å². The molecule has 2 aliphatic heterocycles. The second-order valence-corrected chi connectivity index (χ2v) is 8.05. The zero-order valence-corrected chi connectivity index (χ0v) is 11.7. The van der Waals surface area contributed by atoms with Gasteiger partial charge in [0.1, 0.15) is 0 Å². The van der Waals surface area contributed by atoms with E-state index in [0.717, 1.165) is 13.1 Å². The van der Waals surface area contributed by atoms with Crippen molar-refractivity contribution >= 4 is 9.84 Å². The van der Waals surface area contributed by atoms with Crippen LogP contribution >= 0.6 is 0 Å². The molecule has 1 spiro atoms. The Labute approximate surface area is 109 Å². The van der Waals surface area contributed by atoms with E-state index < -0.39 is 9.84 Å². The topological polar surface area (TPSA) is 49.4 Å². The van der Waals surface area contributed by atoms with E-state index in [-0.39, 0.29) is 17.3 Å². The molecule has 2 atom stereocenters. The molecule has 0 radical (unpaired) electrons. The van der Waals surface area contributed by atoms with Crippen LogP contribution in [0.2, 0.25) is 0 Å². The molecule has 0 aromatic carbocycles. The van der Waals surface area contributed by atoms with Gasteiger partial charge in [-0.3, -0.25) is 4.90 Å². The smallest absolute Gasteiger partial charge is 0.173 e. The predicted octanol–water partition coefficient (Wildman–Crippen LogP) is 0.904. The van der Waals surface area contributed by atoms with Crippen LogP contribution in [-0.4, -0.2) is 49.8 Å². The molecule has 102 valence electrons. The molecule has 2 fully saturated rings. The summed E-state index contributed by atoms with van der Waals surface area (Å²) in [5.74, 6) is 0.271. The highest BCUT2D eigenvalue weighted by atomic mass is 32.2. The van der Waals surface area contributed by atoms with E-state index in [1.807, 2.05) is 6.08 Å². The van der Waals surface area contributed by atoms with E-state index in [0.29, 0.717) is 6.04 Å². The van der Waals surface area contributed by atoms with Crippen LogP contribution in [0.4, 0.5) is 0 Å². The lowest BCUT2D eigenvalue weighted by Crippen LogP contribution is -2.64. The molecule has 0 amide bonds. The molecule has 1 saturated heterocycles. The number of hydrogen-bond acceptors (Lipinski definition) is 4. The summed E-state index contributed by atoms with van der Waals surface area (Å²) in [6.07, 6.45) is 6.95. The zero-order valence-electron chi connectivity index (χ0n) is 10.9. The Morgan fingerprint density at radius 1 is 1.33 bits per heavy atom. The Morgan fingerprint density at radius 2 is 2.06 bits per heavy atom. The zero-order chi connectivity index (χ0) is 12.8. The number of piperazine rings is 1. The minimum Gasteiger partial charge on any atom is -0.308 e. The van der Waals surface area contributed by atoms with Gasteiger partial charge in [-0.05, 0) is 19.8 Å². The number of sulfone groups is 1. The first-order valence-electron chi connectivity index (χ1n) is 6.92. The van der Waals surface area contributed by atoms with Crippen LogP contribution in [0.15, 0.2) is 11.5 Å². The Hall–Kier alpha value is -0.390. The van der Waals surface area contributed by atoms with Crippen LogP contribution in [0.1, 0.15) is 32.6 Å². The Kier molecular flexibility index (Phi) is 3.03. The van der Waals surface area contributed by atoms with E-state index in [4.69, 9.17) is 0 Å². The molecular weight excluding hydrogens is 248 g/mol. The number of nitrogens with one attached hydrogen (secondary N) is 1. The Balaban J connectivity index is 1.76. The maximum Gasteiger partial charge on any atom is 0.173 e. The van der Waals surface area contributed by atoms with Crippen molar-refractivity contribution in [3.8, 4) is 0 Å². The van der Waals surface area contributed by atoms with Crippen LogP contribution in [-0.2, 0) is 9.84 Å². The molecule has 1 saturated carbocycles. The first-order chi connectivity index (χ1) is 8.50. The van der Waals surface area contributed by atoms with Crippen molar-refractivity contribution in [3.05, 3.63) is 11.5 Å². The fourth-order valence-corrected chi connectivity index (χ4v) is 4.95. The lowest BCUT2D eigenvalue weighted by atomic mass is 9.91. The van der Waals surface area contributed by atoms with Crippen molar-refractivity contribution in [1.82, 2.24) is 10.2 Å². The monoisotopic (exact) mass is 270 g/mol. The summed E-state index contributed by atoms with van der Waals surface area (Å²) in [6, 6.07) is 0.503. The predicted molar refractivity (Wildman–Crippen MR) is 72.1 cm³/mol. The summed E-state index contributed by atoms with van der Waals surface area (Å²) in [7, 11) is -2.95. The number of nitrogens with zero attached hydrogens (tertiary/aromatic N) is 1. The SMILES string of the molecule is CC1CNC2(CCCC2)CN1C1C=CS(=O)(=O)C1. The van der Waals surface area contributed by atoms with Crippen molar-refractivity contribution in [3.63, 3.8) is 0 Å². The van der Waals surface area contributed by atoms with Crippen molar-refractivity contribution in [2.75, 3.05) is 18.8 Å². The van der Waals surface area contributed by atoms with Crippen LogP contribution in [0.5, 0.6) is 0 Å². The van der Waals surface area contributed by atoms with Crippen LogP contribution < -0.4 is 5.32 Å². The summed E-state index contributed by atoms with van der Waals surface area (Å²) >= 11 is 0. The first kappa shape index (κ1) is 12.6. The molecular formula is C13H22N2O2S. The van der Waals surface area contributed by atoms with Gasteiger partial charge in [-0.1, -0.05) is 18.9 Å². The van der Waals surface area contributed by atoms with Crippen molar-refractivity contribution in [1.29, 1.82) is 0 Å². The van der Waals surface area contributed by atoms with Gasteiger partial charge in [0.25, 0.3) is 0 Å². The maximum absolute atomic E-state index is 11.6. The van der Waals surface area contributed by atoms with Crippen LogP contribution in [0.3, 0.4) is 0 Å². The van der Waals surface area contributed by atoms with Crippen molar-refractivity contribution in [2.24, 2.45) is 0 Å². The highest BCUT2D eigenvalue weighted by Crippen LogP contribution is 2.34. The first-order valence-corrected chi connectivity index (χ1v) is 8.63. The summed E-state index contributed by atoms with van der Waals surface area (Å²) in [5, 5.41) is 5.10. The van der Waals surface area contributed by atoms with Gasteiger partial charge in [0.05, 0.1) is 5.75 Å². The van der Waals surface area contributed by atoms with Crippen molar-refractivity contribution < 1.29 is 8.42 Å². The van der Waals surface area contributed by atoms with Gasteiger partial charge >= 0.3 is 0 Å². The van der Waals surface area contributed by atoms with E-state index in [1.54, 1.807) is 0 Å². The third-order valence-corrected chi connectivity index (χ3v) is 6.10. The molecule has 2 unspecified atom stereocenters. The average molecular weight is 270 g/mol. The molecule has 0 aromatic rings. The Bertz CT molecular complexity index is 452. The molecule has 3 aliphatic rings. The molecule has 4 nitrogen and oxygen atoms in total. The molecule has 3 rings (SSSR count). The second-order valence-electron chi connectivity index (χ2n) is 6.12. The van der Waals surface area contributed by atoms with E-state index >= 15 is 0 Å². The fraction of sp³-hybridized carbons (Fsp3) is 0.846. The van der Waals surface area contributed by atoms with Gasteiger partial charge in [0.2, 0.25) is 0 Å². The fourth-order valence-electron chi connectivity index (χ4n) is 3.64. The van der Waals surface area contributed by atoms with Gasteiger partial charge in [0, 0.05) is 36.1 Å². The lowest BCUT2D eigenvalue weighted by molar-refractivity contribution is 0.0738. The molecule has 5 heteroatoms. The number of hydrogen-bond donors (Lipinski definition) is 1. The Morgan fingerprint density at radius 3 is 2.67 bits per heavy atom. The summed E-state index contributed by atoms with van der Waals surface area (Å²) in [4.78, 5) is 2.39. The molecule has 0 bridgehead atoms. The molecule has 0 aromatic heterocycles. The summed E-state index contributed by atoms with van der Waals surface area (Å²) in [5.41, 5.74) is 0.257. The second kappa shape index (κ2) is 4.32. The maximum atomic E-state index is 11.6. The average Bonchev–Trinajstić information content (AvgIpc) is 2.90. The quantitative estimate of drug-likeness (QED) is 0.769. The standard InChI is InChI=1S/C13H22N2O2S/c1-11-8-14-13(5-2-3-6-13)10-15(11)12-4-7-18(16,17)9-12/h4,7,11-12,14H,2-3,5-6,8-10H2,1H3. The molecule has 2 heterocycles. The van der Waals surface area contributed by atoms with E-state index in [2.05, 4.69) is 17.1 Å². The van der Waals surface area contributed by atoms with E-state index in [9.17, 15) is 8.42 Å². The highest BCUT2D eigenvalue weighted by molar-refractivity contribution is 7.94.